The SMILES string of the molecule is CCC(C(=O)O)c1cc2ccccc2[nH]1.O=C(O)Cc1cc2ccccc2[nH]1. The van der Waals surface area contributed by atoms with Gasteiger partial charge < -0.3 is 20.2 Å². The molecule has 0 spiro atoms. The molecule has 0 fully saturated rings. The second kappa shape index (κ2) is 8.43. The molecule has 28 heavy (non-hydrogen) atoms. The zero-order valence-corrected chi connectivity index (χ0v) is 15.5. The molecule has 6 nitrogen and oxygen atoms in total. The molecule has 0 saturated heterocycles. The van der Waals surface area contributed by atoms with Crippen LogP contribution in [0.4, 0.5) is 0 Å². The van der Waals surface area contributed by atoms with Crippen molar-refractivity contribution in [2.24, 2.45) is 0 Å². The van der Waals surface area contributed by atoms with Gasteiger partial charge in [0, 0.05) is 22.4 Å². The van der Waals surface area contributed by atoms with E-state index in [1.165, 1.54) is 0 Å². The van der Waals surface area contributed by atoms with Gasteiger partial charge in [0.1, 0.15) is 0 Å². The average Bonchev–Trinajstić information content (AvgIpc) is 3.24. The summed E-state index contributed by atoms with van der Waals surface area (Å²) in [5.74, 6) is -2.02. The smallest absolute Gasteiger partial charge is 0.312 e. The fourth-order valence-electron chi connectivity index (χ4n) is 3.20. The number of benzene rings is 2. The molecular formula is C22H22N2O4. The van der Waals surface area contributed by atoms with Crippen molar-refractivity contribution >= 4 is 33.7 Å². The van der Waals surface area contributed by atoms with E-state index < -0.39 is 17.9 Å². The third kappa shape index (κ3) is 4.40. The van der Waals surface area contributed by atoms with E-state index in [4.69, 9.17) is 10.2 Å². The van der Waals surface area contributed by atoms with Crippen molar-refractivity contribution in [2.45, 2.75) is 25.7 Å². The van der Waals surface area contributed by atoms with Gasteiger partial charge in [0.05, 0.1) is 12.3 Å². The third-order valence-corrected chi connectivity index (χ3v) is 4.56. The third-order valence-electron chi connectivity index (χ3n) is 4.56. The number of para-hydroxylation sites is 2. The highest BCUT2D eigenvalue weighted by Gasteiger charge is 2.19. The van der Waals surface area contributed by atoms with Crippen LogP contribution in [-0.2, 0) is 16.0 Å². The van der Waals surface area contributed by atoms with Gasteiger partial charge in [-0.3, -0.25) is 9.59 Å². The van der Waals surface area contributed by atoms with Gasteiger partial charge >= 0.3 is 11.9 Å². The first-order chi connectivity index (χ1) is 13.5. The maximum Gasteiger partial charge on any atom is 0.312 e. The fraction of sp³-hybridized carbons (Fsp3) is 0.182. The van der Waals surface area contributed by atoms with Gasteiger partial charge in [0.15, 0.2) is 0 Å². The van der Waals surface area contributed by atoms with Crippen LogP contribution in [0.5, 0.6) is 0 Å². The Morgan fingerprint density at radius 3 is 1.96 bits per heavy atom. The summed E-state index contributed by atoms with van der Waals surface area (Å²) in [6.45, 7) is 1.88. The van der Waals surface area contributed by atoms with Crippen LogP contribution in [0.2, 0.25) is 0 Å². The highest BCUT2D eigenvalue weighted by Crippen LogP contribution is 2.23. The first-order valence-electron chi connectivity index (χ1n) is 9.06. The molecule has 1 atom stereocenters. The van der Waals surface area contributed by atoms with E-state index in [0.29, 0.717) is 6.42 Å². The molecule has 0 aliphatic heterocycles. The molecule has 0 saturated carbocycles. The molecule has 4 N–H and O–H groups in total. The molecule has 0 aliphatic rings. The molecule has 2 heterocycles. The number of hydrogen-bond donors (Lipinski definition) is 4. The second-order valence-electron chi connectivity index (χ2n) is 6.56. The number of rotatable bonds is 5. The molecule has 2 aromatic carbocycles. The van der Waals surface area contributed by atoms with Gasteiger partial charge in [0.2, 0.25) is 0 Å². The lowest BCUT2D eigenvalue weighted by molar-refractivity contribution is -0.139. The monoisotopic (exact) mass is 378 g/mol. The van der Waals surface area contributed by atoms with Crippen molar-refractivity contribution in [3.05, 3.63) is 72.1 Å². The molecule has 6 heteroatoms. The molecule has 0 aliphatic carbocycles. The predicted octanol–water partition coefficient (Wildman–Crippen LogP) is 4.54. The zero-order valence-electron chi connectivity index (χ0n) is 15.5. The van der Waals surface area contributed by atoms with E-state index in [9.17, 15) is 9.59 Å². The highest BCUT2D eigenvalue weighted by atomic mass is 16.4. The lowest BCUT2D eigenvalue weighted by Crippen LogP contribution is -2.10. The van der Waals surface area contributed by atoms with Crippen molar-refractivity contribution in [2.75, 3.05) is 0 Å². The number of aromatic amines is 2. The number of aliphatic carboxylic acids is 2. The maximum atomic E-state index is 11.0. The Labute approximate surface area is 161 Å². The number of carbonyl (C=O) groups is 2. The number of H-pyrrole nitrogens is 2. The van der Waals surface area contributed by atoms with Crippen LogP contribution in [0.3, 0.4) is 0 Å². The minimum absolute atomic E-state index is 0.0503. The molecule has 1 unspecified atom stereocenters. The fourth-order valence-corrected chi connectivity index (χ4v) is 3.20. The van der Waals surface area contributed by atoms with Crippen molar-refractivity contribution < 1.29 is 19.8 Å². The van der Waals surface area contributed by atoms with Crippen LogP contribution in [0.25, 0.3) is 21.8 Å². The van der Waals surface area contributed by atoms with Gasteiger partial charge in [-0.2, -0.15) is 0 Å². The van der Waals surface area contributed by atoms with Crippen LogP contribution < -0.4 is 0 Å². The number of carboxylic acid groups (broad SMARTS) is 2. The Balaban J connectivity index is 0.000000162. The van der Waals surface area contributed by atoms with Gasteiger partial charge in [-0.15, -0.1) is 0 Å². The lowest BCUT2D eigenvalue weighted by atomic mass is 10.0. The highest BCUT2D eigenvalue weighted by molar-refractivity contribution is 5.84. The number of nitrogens with one attached hydrogen (secondary N) is 2. The van der Waals surface area contributed by atoms with E-state index >= 15 is 0 Å². The molecule has 4 aromatic rings. The maximum absolute atomic E-state index is 11.0. The normalized spacial score (nSPS) is 11.8. The van der Waals surface area contributed by atoms with Crippen LogP contribution in [0, 0.1) is 0 Å². The van der Waals surface area contributed by atoms with Crippen LogP contribution in [-0.4, -0.2) is 32.1 Å². The van der Waals surface area contributed by atoms with Gasteiger partial charge in [-0.05, 0) is 41.5 Å². The van der Waals surface area contributed by atoms with Crippen molar-refractivity contribution in [1.82, 2.24) is 9.97 Å². The second-order valence-corrected chi connectivity index (χ2v) is 6.56. The van der Waals surface area contributed by atoms with Crippen molar-refractivity contribution in [1.29, 1.82) is 0 Å². The standard InChI is InChI=1S/C12H13NO2.C10H9NO2/c1-2-9(12(14)15)11-7-8-5-3-4-6-10(8)13-11;12-10(13)6-8-5-7-3-1-2-4-9(7)11-8/h3-7,9,13H,2H2,1H3,(H,14,15);1-5,11H,6H2,(H,12,13). The lowest BCUT2D eigenvalue weighted by Gasteiger charge is -2.06. The largest absolute Gasteiger partial charge is 0.481 e. The average molecular weight is 378 g/mol. The van der Waals surface area contributed by atoms with E-state index in [-0.39, 0.29) is 6.42 Å². The van der Waals surface area contributed by atoms with Crippen LogP contribution in [0.15, 0.2) is 60.7 Å². The Hall–Kier alpha value is -3.54. The molecule has 144 valence electrons. The molecule has 0 amide bonds. The number of hydrogen-bond acceptors (Lipinski definition) is 2. The summed E-state index contributed by atoms with van der Waals surface area (Å²) >= 11 is 0. The summed E-state index contributed by atoms with van der Waals surface area (Å²) in [5.41, 5.74) is 3.51. The number of fused-ring (bicyclic) bond motifs is 2. The Bertz CT molecular complexity index is 1040. The van der Waals surface area contributed by atoms with Gasteiger partial charge in [-0.25, -0.2) is 0 Å². The van der Waals surface area contributed by atoms with Gasteiger partial charge in [0.25, 0.3) is 0 Å². The summed E-state index contributed by atoms with van der Waals surface area (Å²) in [7, 11) is 0. The predicted molar refractivity (Wildman–Crippen MR) is 109 cm³/mol. The number of carboxylic acids is 2. The summed E-state index contributed by atoms with van der Waals surface area (Å²) in [4.78, 5) is 27.6. The minimum atomic E-state index is -0.813. The Morgan fingerprint density at radius 2 is 1.46 bits per heavy atom. The van der Waals surface area contributed by atoms with Gasteiger partial charge in [-0.1, -0.05) is 43.3 Å². The van der Waals surface area contributed by atoms with E-state index in [0.717, 1.165) is 33.2 Å². The quantitative estimate of drug-likeness (QED) is 0.409. The zero-order chi connectivity index (χ0) is 20.1. The van der Waals surface area contributed by atoms with Crippen molar-refractivity contribution in [3.8, 4) is 0 Å². The topological polar surface area (TPSA) is 106 Å². The molecule has 0 radical (unpaired) electrons. The van der Waals surface area contributed by atoms with Crippen LogP contribution >= 0.6 is 0 Å². The first kappa shape index (κ1) is 19.2. The molecule has 2 aromatic heterocycles. The van der Waals surface area contributed by atoms with Crippen molar-refractivity contribution in [3.63, 3.8) is 0 Å². The van der Waals surface area contributed by atoms with E-state index in [1.807, 2.05) is 67.6 Å². The first-order valence-corrected chi connectivity index (χ1v) is 9.06. The summed E-state index contributed by atoms with van der Waals surface area (Å²) in [6.07, 6.45) is 0.650. The molecule has 4 rings (SSSR count). The van der Waals surface area contributed by atoms with E-state index in [2.05, 4.69) is 9.97 Å². The summed E-state index contributed by atoms with van der Waals surface area (Å²) in [5, 5.41) is 19.7. The molecular weight excluding hydrogens is 356 g/mol. The summed E-state index contributed by atoms with van der Waals surface area (Å²) in [6, 6.07) is 19.3. The Morgan fingerprint density at radius 1 is 0.893 bits per heavy atom. The van der Waals surface area contributed by atoms with Crippen LogP contribution in [0.1, 0.15) is 30.7 Å². The van der Waals surface area contributed by atoms with E-state index in [1.54, 1.807) is 0 Å². The summed E-state index contributed by atoms with van der Waals surface area (Å²) < 4.78 is 0. The number of aromatic nitrogens is 2. The molecule has 0 bridgehead atoms. The minimum Gasteiger partial charge on any atom is -0.481 e. The Kier molecular flexibility index (Phi) is 5.79.